The second kappa shape index (κ2) is 1180. The van der Waals surface area contributed by atoms with Crippen LogP contribution in [0.3, 0.4) is 0 Å². The number of hydrogen-bond donors (Lipinski definition) is 0. The average molecular weight is 237 g/mol. The molecule has 0 aromatic heterocycles. The van der Waals surface area contributed by atoms with Gasteiger partial charge in [0.2, 0.25) is 0 Å². The molecule has 0 spiro atoms. The minimum atomic E-state index is 0. The van der Waals surface area contributed by atoms with Gasteiger partial charge in [0.05, 0.1) is 0 Å². The molecule has 0 bridgehead atoms. The molecule has 0 unspecified atom stereocenters. The van der Waals surface area contributed by atoms with Crippen molar-refractivity contribution < 1.29 is 29.7 Å². The molecule has 0 nitrogen and oxygen atoms in total. The molecule has 0 aliphatic heterocycles. The van der Waals surface area contributed by atoms with E-state index in [1.165, 1.54) is 0 Å². The van der Waals surface area contributed by atoms with Crippen molar-refractivity contribution in [1.29, 1.82) is 0 Å². The molecule has 0 saturated carbocycles. The van der Waals surface area contributed by atoms with E-state index in [0.717, 1.165) is 0 Å². The predicted octanol–water partition coefficient (Wildman–Crippen LogP) is -18.2. The summed E-state index contributed by atoms with van der Waals surface area (Å²) >= 11 is 0. The van der Waals surface area contributed by atoms with Gasteiger partial charge < -0.3 is 28.2 Å². The maximum atomic E-state index is 0. The Morgan fingerprint density at radius 2 is 0.429 bits per heavy atom. The van der Waals surface area contributed by atoms with Crippen molar-refractivity contribution in [3.8, 4) is 0 Å². The minimum absolute atomic E-state index is 0. The smallest absolute Gasteiger partial charge is 1.00 e. The second-order valence-electron chi connectivity index (χ2n) is 0. The summed E-state index contributed by atoms with van der Waals surface area (Å²) in [5, 5.41) is 0. The number of rotatable bonds is 0. The molecule has 53 valence electrons. The van der Waals surface area contributed by atoms with E-state index in [4.69, 9.17) is 0 Å². The molecule has 0 amide bonds. The summed E-state index contributed by atoms with van der Waals surface area (Å²) in [7, 11) is 0. The van der Waals surface area contributed by atoms with Gasteiger partial charge in [0.15, 0.2) is 0 Å². The van der Waals surface area contributed by atoms with Crippen LogP contribution in [0.4, 0.5) is 0 Å². The zero-order valence-corrected chi connectivity index (χ0v) is 5.27. The summed E-state index contributed by atoms with van der Waals surface area (Å²) < 4.78 is 0. The van der Waals surface area contributed by atoms with Crippen LogP contribution in [-0.4, -0.2) is 24.4 Å². The molecule has 0 saturated heterocycles. The fraction of sp³-hybridized carbons (Fsp3) is 0. The molecule has 7 heavy (non-hydrogen) atoms. The van der Waals surface area contributed by atoms with Crippen molar-refractivity contribution in [1.82, 2.24) is 0 Å². The Balaban J connectivity index is 0. The standard InChI is InChI=1S/6FH.Sb/h6*1H;/p-5. The summed E-state index contributed by atoms with van der Waals surface area (Å²) in [4.78, 5) is 0. The van der Waals surface area contributed by atoms with Gasteiger partial charge in [-0.1, -0.05) is 0 Å². The Morgan fingerprint density at radius 1 is 0.429 bits per heavy atom. The van der Waals surface area contributed by atoms with Gasteiger partial charge in [0.1, 0.15) is 0 Å². The van der Waals surface area contributed by atoms with Crippen LogP contribution >= 0.6 is 0 Å². The maximum Gasteiger partial charge on any atom is 1.00 e. The first kappa shape index (κ1) is 1910. The molecule has 0 rings (SSSR count). The molecule has 0 N–H and O–H groups in total. The Kier molecular flexibility index (Phi) is 321000. The predicted molar refractivity (Wildman–Crippen MR) is 6.87 cm³/mol. The van der Waals surface area contributed by atoms with Crippen LogP contribution in [0, 0.1) is 0 Å². The first-order chi connectivity index (χ1) is 0. The van der Waals surface area contributed by atoms with Crippen LogP contribution < -0.4 is 28.2 Å². The molecule has 0 aliphatic rings. The van der Waals surface area contributed by atoms with Crippen LogP contribution in [0.25, 0.3) is 0 Å². The molecule has 0 atom stereocenters. The van der Waals surface area contributed by atoms with Crippen molar-refractivity contribution in [2.45, 2.75) is 0 Å². The minimum Gasteiger partial charge on any atom is -1.00 e. The van der Waals surface area contributed by atoms with Crippen molar-refractivity contribution in [2.24, 2.45) is 0 Å². The summed E-state index contributed by atoms with van der Waals surface area (Å²) in [5.41, 5.74) is 0. The van der Waals surface area contributed by atoms with Crippen molar-refractivity contribution in [3.05, 3.63) is 0 Å². The topological polar surface area (TPSA) is 0 Å². The molecule has 0 heterocycles. The van der Waals surface area contributed by atoms with Gasteiger partial charge >= 0.3 is 1.43 Å². The molecule has 0 fully saturated rings. The van der Waals surface area contributed by atoms with Gasteiger partial charge in [0, 0.05) is 24.4 Å². The van der Waals surface area contributed by atoms with E-state index in [-0.39, 0.29) is 54.1 Å². The zero-order valence-electron chi connectivity index (χ0n) is 3.72. The zero-order chi connectivity index (χ0) is 0. The number of hydrogen-bond acceptors (Lipinski definition) is 0. The Bertz CT molecular complexity index is 8.49. The van der Waals surface area contributed by atoms with Gasteiger partial charge in [-0.25, -0.2) is 0 Å². The van der Waals surface area contributed by atoms with Crippen LogP contribution in [0.15, 0.2) is 0 Å². The fourth-order valence-corrected chi connectivity index (χ4v) is 0. The molecule has 3 radical (unpaired) electrons. The number of halogens is 6. The Hall–Kier alpha value is 0.398. The first-order valence-corrected chi connectivity index (χ1v) is 0. The van der Waals surface area contributed by atoms with Crippen molar-refractivity contribution >= 4 is 24.4 Å². The summed E-state index contributed by atoms with van der Waals surface area (Å²) in [6.07, 6.45) is 0. The van der Waals surface area contributed by atoms with E-state index in [1.54, 1.807) is 0 Å². The normalized spacial score (nSPS) is 0. The summed E-state index contributed by atoms with van der Waals surface area (Å²) in [5.74, 6) is 0. The fourth-order valence-electron chi connectivity index (χ4n) is 0. The largest absolute Gasteiger partial charge is 1.00 e. The third-order valence-electron chi connectivity index (χ3n) is 0. The maximum absolute atomic E-state index is 0. The monoisotopic (exact) mass is 236 g/mol. The first-order valence-electron chi connectivity index (χ1n) is 0. The molecule has 7 heteroatoms. The van der Waals surface area contributed by atoms with Gasteiger partial charge in [-0.05, 0) is 0 Å². The van der Waals surface area contributed by atoms with Crippen LogP contribution in [0.5, 0.6) is 0 Å². The third-order valence-corrected chi connectivity index (χ3v) is 0. The van der Waals surface area contributed by atoms with Gasteiger partial charge in [-0.15, -0.1) is 0 Å². The van der Waals surface area contributed by atoms with Crippen molar-refractivity contribution in [2.75, 3.05) is 0 Å². The second-order valence-corrected chi connectivity index (χ2v) is 0. The Morgan fingerprint density at radius 3 is 0.429 bits per heavy atom. The van der Waals surface area contributed by atoms with Gasteiger partial charge in [0.25, 0.3) is 0 Å². The van der Waals surface area contributed by atoms with E-state index in [0.29, 0.717) is 0 Å². The van der Waals surface area contributed by atoms with Crippen LogP contribution in [0.1, 0.15) is 1.43 Å². The summed E-state index contributed by atoms with van der Waals surface area (Å²) in [6.45, 7) is 0. The van der Waals surface area contributed by atoms with E-state index < -0.39 is 0 Å². The molecular formula is HF6Sb-5. The molecule has 0 aliphatic carbocycles. The van der Waals surface area contributed by atoms with Crippen molar-refractivity contribution in [3.63, 3.8) is 0 Å². The quantitative estimate of drug-likeness (QED) is 0.290. The molecule has 0 aromatic rings. The SMILES string of the molecule is [F-].[F-].[F-].[F-].[F-].[F-].[H+].[Sb]. The summed E-state index contributed by atoms with van der Waals surface area (Å²) in [6, 6.07) is 0. The van der Waals surface area contributed by atoms with Crippen LogP contribution in [0.2, 0.25) is 0 Å². The molecular weight excluding hydrogens is 236 g/mol. The van der Waals surface area contributed by atoms with E-state index >= 15 is 0 Å². The van der Waals surface area contributed by atoms with Crippen LogP contribution in [-0.2, 0) is 0 Å². The molecule has 0 aromatic carbocycles. The van der Waals surface area contributed by atoms with E-state index in [9.17, 15) is 0 Å². The average Bonchev–Trinajstić information content (AvgIpc) is 0. The van der Waals surface area contributed by atoms with Gasteiger partial charge in [-0.3, -0.25) is 0 Å². The third kappa shape index (κ3) is 781. The van der Waals surface area contributed by atoms with E-state index in [1.807, 2.05) is 0 Å². The Labute approximate surface area is 54.8 Å². The van der Waals surface area contributed by atoms with Gasteiger partial charge in [-0.2, -0.15) is 0 Å². The van der Waals surface area contributed by atoms with E-state index in [2.05, 4.69) is 0 Å².